The third kappa shape index (κ3) is 4.08. The number of H-pyrrole nitrogens is 1. The SMILES string of the molecule is CC(C)c1cc(C(=O)Nc2ccc(OCC(N)=O)cc2)n[nH]1. The van der Waals surface area contributed by atoms with Crippen LogP contribution in [0.4, 0.5) is 5.69 Å². The van der Waals surface area contributed by atoms with Crippen LogP contribution in [0.1, 0.15) is 35.9 Å². The number of aromatic nitrogens is 2. The van der Waals surface area contributed by atoms with Gasteiger partial charge in [-0.25, -0.2) is 0 Å². The number of benzene rings is 1. The summed E-state index contributed by atoms with van der Waals surface area (Å²) in [4.78, 5) is 22.7. The number of amides is 2. The average Bonchev–Trinajstić information content (AvgIpc) is 2.96. The Kier molecular flexibility index (Phi) is 4.77. The van der Waals surface area contributed by atoms with E-state index in [-0.39, 0.29) is 18.4 Å². The molecule has 2 aromatic rings. The first-order chi connectivity index (χ1) is 10.5. The van der Waals surface area contributed by atoms with E-state index in [4.69, 9.17) is 10.5 Å². The molecule has 4 N–H and O–H groups in total. The summed E-state index contributed by atoms with van der Waals surface area (Å²) in [7, 11) is 0. The zero-order valence-electron chi connectivity index (χ0n) is 12.4. The number of rotatable bonds is 6. The van der Waals surface area contributed by atoms with Crippen LogP contribution in [-0.4, -0.2) is 28.6 Å². The zero-order valence-corrected chi connectivity index (χ0v) is 12.4. The Morgan fingerprint density at radius 2 is 2.00 bits per heavy atom. The minimum Gasteiger partial charge on any atom is -0.484 e. The van der Waals surface area contributed by atoms with Gasteiger partial charge in [0.2, 0.25) is 0 Å². The van der Waals surface area contributed by atoms with E-state index in [1.54, 1.807) is 30.3 Å². The summed E-state index contributed by atoms with van der Waals surface area (Å²) in [6.45, 7) is 3.84. The summed E-state index contributed by atoms with van der Waals surface area (Å²) in [6, 6.07) is 8.35. The van der Waals surface area contributed by atoms with Crippen LogP contribution in [0.15, 0.2) is 30.3 Å². The molecule has 0 aliphatic rings. The fourth-order valence-corrected chi connectivity index (χ4v) is 1.73. The van der Waals surface area contributed by atoms with E-state index in [2.05, 4.69) is 15.5 Å². The van der Waals surface area contributed by atoms with Crippen LogP contribution in [0.25, 0.3) is 0 Å². The van der Waals surface area contributed by atoms with Gasteiger partial charge in [0.15, 0.2) is 12.3 Å². The summed E-state index contributed by atoms with van der Waals surface area (Å²) in [6.07, 6.45) is 0. The van der Waals surface area contributed by atoms with Crippen molar-refractivity contribution in [2.45, 2.75) is 19.8 Å². The average molecular weight is 302 g/mol. The lowest BCUT2D eigenvalue weighted by Gasteiger charge is -2.06. The molecule has 0 saturated carbocycles. The molecule has 2 amide bonds. The minimum absolute atomic E-state index is 0.184. The molecule has 7 nitrogen and oxygen atoms in total. The van der Waals surface area contributed by atoms with Crippen LogP contribution in [0.2, 0.25) is 0 Å². The van der Waals surface area contributed by atoms with E-state index in [0.29, 0.717) is 17.1 Å². The standard InChI is InChI=1S/C15H18N4O3/c1-9(2)12-7-13(19-18-12)15(21)17-10-3-5-11(6-4-10)22-8-14(16)20/h3-7,9H,8H2,1-2H3,(H2,16,20)(H,17,21)(H,18,19). The first-order valence-electron chi connectivity index (χ1n) is 6.83. The van der Waals surface area contributed by atoms with Crippen LogP contribution in [0.3, 0.4) is 0 Å². The molecule has 1 aromatic carbocycles. The third-order valence-electron chi connectivity index (χ3n) is 2.95. The maximum Gasteiger partial charge on any atom is 0.276 e. The number of anilines is 1. The van der Waals surface area contributed by atoms with Gasteiger partial charge in [0, 0.05) is 11.4 Å². The molecule has 0 aliphatic heterocycles. The van der Waals surface area contributed by atoms with Crippen molar-refractivity contribution in [2.75, 3.05) is 11.9 Å². The number of hydrogen-bond acceptors (Lipinski definition) is 4. The number of hydrogen-bond donors (Lipinski definition) is 3. The van der Waals surface area contributed by atoms with Gasteiger partial charge in [0.1, 0.15) is 5.75 Å². The largest absolute Gasteiger partial charge is 0.484 e. The first kappa shape index (κ1) is 15.6. The second-order valence-corrected chi connectivity index (χ2v) is 5.10. The number of primary amides is 1. The molecule has 0 aliphatic carbocycles. The van der Waals surface area contributed by atoms with Gasteiger partial charge in [-0.3, -0.25) is 14.7 Å². The van der Waals surface area contributed by atoms with E-state index in [0.717, 1.165) is 5.69 Å². The molecule has 1 aromatic heterocycles. The first-order valence-corrected chi connectivity index (χ1v) is 6.83. The van der Waals surface area contributed by atoms with Crippen molar-refractivity contribution in [1.82, 2.24) is 10.2 Å². The number of aromatic amines is 1. The van der Waals surface area contributed by atoms with Crippen molar-refractivity contribution < 1.29 is 14.3 Å². The van der Waals surface area contributed by atoms with Gasteiger partial charge in [0.05, 0.1) is 0 Å². The number of carbonyl (C=O) groups excluding carboxylic acids is 2. The molecule has 0 bridgehead atoms. The van der Waals surface area contributed by atoms with Gasteiger partial charge in [-0.05, 0) is 36.2 Å². The predicted molar refractivity (Wildman–Crippen MR) is 81.8 cm³/mol. The Labute approximate surface area is 127 Å². The maximum atomic E-state index is 12.1. The fourth-order valence-electron chi connectivity index (χ4n) is 1.73. The number of nitrogens with one attached hydrogen (secondary N) is 2. The van der Waals surface area contributed by atoms with Crippen LogP contribution in [0.5, 0.6) is 5.75 Å². The molecule has 2 rings (SSSR count). The minimum atomic E-state index is -0.545. The summed E-state index contributed by atoms with van der Waals surface area (Å²) in [5.74, 6) is -0.0692. The molecule has 0 atom stereocenters. The highest BCUT2D eigenvalue weighted by Gasteiger charge is 2.12. The van der Waals surface area contributed by atoms with E-state index in [9.17, 15) is 9.59 Å². The molecule has 0 spiro atoms. The highest BCUT2D eigenvalue weighted by Crippen LogP contribution is 2.17. The van der Waals surface area contributed by atoms with Crippen molar-refractivity contribution in [2.24, 2.45) is 5.73 Å². The smallest absolute Gasteiger partial charge is 0.276 e. The Morgan fingerprint density at radius 1 is 1.32 bits per heavy atom. The molecular weight excluding hydrogens is 284 g/mol. The molecule has 0 fully saturated rings. The second-order valence-electron chi connectivity index (χ2n) is 5.10. The number of ether oxygens (including phenoxy) is 1. The topological polar surface area (TPSA) is 110 Å². The van der Waals surface area contributed by atoms with Crippen LogP contribution >= 0.6 is 0 Å². The van der Waals surface area contributed by atoms with Crippen molar-refractivity contribution in [3.8, 4) is 5.75 Å². The molecule has 0 saturated heterocycles. The van der Waals surface area contributed by atoms with Crippen molar-refractivity contribution in [3.05, 3.63) is 41.7 Å². The van der Waals surface area contributed by atoms with E-state index >= 15 is 0 Å². The quantitative estimate of drug-likeness (QED) is 0.753. The molecule has 22 heavy (non-hydrogen) atoms. The highest BCUT2D eigenvalue weighted by atomic mass is 16.5. The Balaban J connectivity index is 1.97. The van der Waals surface area contributed by atoms with Gasteiger partial charge in [-0.1, -0.05) is 13.8 Å². The summed E-state index contributed by atoms with van der Waals surface area (Å²) in [5.41, 5.74) is 6.83. The van der Waals surface area contributed by atoms with Gasteiger partial charge in [0.25, 0.3) is 11.8 Å². The summed E-state index contributed by atoms with van der Waals surface area (Å²) >= 11 is 0. The molecule has 116 valence electrons. The van der Waals surface area contributed by atoms with Crippen LogP contribution in [-0.2, 0) is 4.79 Å². The van der Waals surface area contributed by atoms with Crippen LogP contribution < -0.4 is 15.8 Å². The molecule has 7 heteroatoms. The van der Waals surface area contributed by atoms with Crippen molar-refractivity contribution >= 4 is 17.5 Å². The maximum absolute atomic E-state index is 12.1. The third-order valence-corrected chi connectivity index (χ3v) is 2.95. The van der Waals surface area contributed by atoms with Gasteiger partial charge in [-0.15, -0.1) is 0 Å². The predicted octanol–water partition coefficient (Wildman–Crippen LogP) is 1.65. The normalized spacial score (nSPS) is 10.5. The van der Waals surface area contributed by atoms with Gasteiger partial charge < -0.3 is 15.8 Å². The lowest BCUT2D eigenvalue weighted by atomic mass is 10.1. The van der Waals surface area contributed by atoms with Gasteiger partial charge in [-0.2, -0.15) is 5.10 Å². The van der Waals surface area contributed by atoms with Crippen LogP contribution in [0, 0.1) is 0 Å². The Morgan fingerprint density at radius 3 is 2.55 bits per heavy atom. The zero-order chi connectivity index (χ0) is 16.1. The molecule has 0 radical (unpaired) electrons. The monoisotopic (exact) mass is 302 g/mol. The number of nitrogens with two attached hydrogens (primary N) is 1. The lowest BCUT2D eigenvalue weighted by Crippen LogP contribution is -2.20. The molecule has 1 heterocycles. The van der Waals surface area contributed by atoms with Crippen molar-refractivity contribution in [1.29, 1.82) is 0 Å². The lowest BCUT2D eigenvalue weighted by molar-refractivity contribution is -0.119. The van der Waals surface area contributed by atoms with Gasteiger partial charge >= 0.3 is 0 Å². The molecule has 0 unspecified atom stereocenters. The number of carbonyl (C=O) groups is 2. The van der Waals surface area contributed by atoms with E-state index in [1.165, 1.54) is 0 Å². The second kappa shape index (κ2) is 6.75. The van der Waals surface area contributed by atoms with Crippen molar-refractivity contribution in [3.63, 3.8) is 0 Å². The van der Waals surface area contributed by atoms with E-state index in [1.807, 2.05) is 13.8 Å². The molecular formula is C15H18N4O3. The Bertz CT molecular complexity index is 662. The Hall–Kier alpha value is -2.83. The number of nitrogens with zero attached hydrogens (tertiary/aromatic N) is 1. The highest BCUT2D eigenvalue weighted by molar-refractivity contribution is 6.02. The summed E-state index contributed by atoms with van der Waals surface area (Å²) < 4.78 is 5.14. The van der Waals surface area contributed by atoms with E-state index < -0.39 is 5.91 Å². The summed E-state index contributed by atoms with van der Waals surface area (Å²) in [5, 5.41) is 9.55. The fraction of sp³-hybridized carbons (Fsp3) is 0.267.